The number of thioether (sulfide) groups is 1. The first-order valence-electron chi connectivity index (χ1n) is 12.4. The fourth-order valence-electron chi connectivity index (χ4n) is 3.73. The van der Waals surface area contributed by atoms with Crippen LogP contribution in [0, 0.1) is 5.92 Å². The molecule has 2 aromatic heterocycles. The number of nitrogens with one attached hydrogen (secondary N) is 3. The number of amides is 3. The lowest BCUT2D eigenvalue weighted by atomic mass is 9.94. The van der Waals surface area contributed by atoms with Crippen LogP contribution in [0.4, 0.5) is 9.93 Å². The highest BCUT2D eigenvalue weighted by molar-refractivity contribution is 8.00. The third-order valence-electron chi connectivity index (χ3n) is 5.87. The van der Waals surface area contributed by atoms with E-state index < -0.39 is 6.09 Å². The standard InChI is InChI=1S/C24H36N6O5S2/c1-24(2,3)17-12-27-19(35-17)15-36-20-13-28-22(37-20)29-21(32)16-6-10-30(11-7-16)14-18(31)25-8-4-5-9-26-23(33)34/h12-13,16,26H,4-11,14-15H2,1-3H3,(H,25,31)(H,33,34)(H,28,29,32). The number of aromatic nitrogens is 2. The molecule has 0 aromatic carbocycles. The molecule has 0 bridgehead atoms. The van der Waals surface area contributed by atoms with Gasteiger partial charge in [0.25, 0.3) is 0 Å². The molecule has 0 radical (unpaired) electrons. The highest BCUT2D eigenvalue weighted by Crippen LogP contribution is 2.32. The second-order valence-corrected chi connectivity index (χ2v) is 12.3. The first-order chi connectivity index (χ1) is 17.6. The van der Waals surface area contributed by atoms with Gasteiger partial charge in [-0.3, -0.25) is 14.5 Å². The van der Waals surface area contributed by atoms with E-state index in [9.17, 15) is 14.4 Å². The molecule has 1 saturated heterocycles. The molecule has 204 valence electrons. The third-order valence-corrected chi connectivity index (χ3v) is 7.96. The Labute approximate surface area is 225 Å². The minimum absolute atomic E-state index is 0.0347. The number of rotatable bonds is 12. The second kappa shape index (κ2) is 13.8. The summed E-state index contributed by atoms with van der Waals surface area (Å²) in [7, 11) is 0. The number of nitrogens with zero attached hydrogens (tertiary/aromatic N) is 3. The van der Waals surface area contributed by atoms with Gasteiger partial charge in [0, 0.05) is 24.4 Å². The van der Waals surface area contributed by atoms with Crippen LogP contribution in [0.3, 0.4) is 0 Å². The number of carboxylic acid groups (broad SMARTS) is 1. The van der Waals surface area contributed by atoms with Crippen LogP contribution in [0.5, 0.6) is 0 Å². The van der Waals surface area contributed by atoms with E-state index in [1.165, 1.54) is 11.3 Å². The van der Waals surface area contributed by atoms with Gasteiger partial charge in [0.2, 0.25) is 17.7 Å². The molecule has 11 nitrogen and oxygen atoms in total. The molecule has 1 fully saturated rings. The maximum absolute atomic E-state index is 12.7. The first-order valence-corrected chi connectivity index (χ1v) is 14.2. The summed E-state index contributed by atoms with van der Waals surface area (Å²) in [5.41, 5.74) is -0.0793. The normalized spacial score (nSPS) is 14.9. The average molecular weight is 553 g/mol. The highest BCUT2D eigenvalue weighted by atomic mass is 32.2. The van der Waals surface area contributed by atoms with E-state index >= 15 is 0 Å². The molecule has 1 aliphatic rings. The van der Waals surface area contributed by atoms with Gasteiger partial charge in [-0.25, -0.2) is 14.8 Å². The molecule has 3 heterocycles. The lowest BCUT2D eigenvalue weighted by Gasteiger charge is -2.30. The van der Waals surface area contributed by atoms with Crippen molar-refractivity contribution in [3.8, 4) is 0 Å². The number of hydrogen-bond donors (Lipinski definition) is 4. The average Bonchev–Trinajstić information content (AvgIpc) is 3.50. The minimum atomic E-state index is -1.04. The van der Waals surface area contributed by atoms with Gasteiger partial charge in [0.1, 0.15) is 5.76 Å². The number of piperidine rings is 1. The van der Waals surface area contributed by atoms with Crippen molar-refractivity contribution in [2.75, 3.05) is 38.0 Å². The smallest absolute Gasteiger partial charge is 0.404 e. The molecule has 0 saturated carbocycles. The van der Waals surface area contributed by atoms with Gasteiger partial charge in [-0.2, -0.15) is 0 Å². The van der Waals surface area contributed by atoms with Gasteiger partial charge in [0.15, 0.2) is 5.13 Å². The van der Waals surface area contributed by atoms with Crippen molar-refractivity contribution >= 4 is 46.1 Å². The Kier molecular flexibility index (Phi) is 10.8. The van der Waals surface area contributed by atoms with Crippen LogP contribution in [-0.4, -0.2) is 70.6 Å². The predicted molar refractivity (Wildman–Crippen MR) is 143 cm³/mol. The summed E-state index contributed by atoms with van der Waals surface area (Å²) in [6, 6.07) is 0. The molecule has 0 unspecified atom stereocenters. The number of carbonyl (C=O) groups excluding carboxylic acids is 2. The van der Waals surface area contributed by atoms with E-state index in [2.05, 4.69) is 51.6 Å². The van der Waals surface area contributed by atoms with Gasteiger partial charge < -0.3 is 25.5 Å². The van der Waals surface area contributed by atoms with E-state index in [-0.39, 0.29) is 23.1 Å². The molecule has 0 atom stereocenters. The van der Waals surface area contributed by atoms with Crippen molar-refractivity contribution in [2.45, 2.75) is 61.8 Å². The lowest BCUT2D eigenvalue weighted by Crippen LogP contribution is -2.43. The van der Waals surface area contributed by atoms with Crippen molar-refractivity contribution in [3.05, 3.63) is 24.0 Å². The van der Waals surface area contributed by atoms with E-state index in [1.807, 2.05) is 0 Å². The number of carbonyl (C=O) groups is 3. The van der Waals surface area contributed by atoms with E-state index in [0.29, 0.717) is 75.2 Å². The Balaban J connectivity index is 1.32. The quantitative estimate of drug-likeness (QED) is 0.229. The molecule has 4 N–H and O–H groups in total. The largest absolute Gasteiger partial charge is 0.465 e. The Morgan fingerprint density at radius 3 is 2.49 bits per heavy atom. The van der Waals surface area contributed by atoms with Crippen LogP contribution in [-0.2, 0) is 20.8 Å². The monoisotopic (exact) mass is 552 g/mol. The molecule has 37 heavy (non-hydrogen) atoms. The Hall–Kier alpha value is -2.64. The Bertz CT molecular complexity index is 1040. The number of unbranched alkanes of at least 4 members (excludes halogenated alkanes) is 1. The van der Waals surface area contributed by atoms with Crippen molar-refractivity contribution in [1.29, 1.82) is 0 Å². The summed E-state index contributed by atoms with van der Waals surface area (Å²) < 4.78 is 6.80. The second-order valence-electron chi connectivity index (χ2n) is 9.97. The van der Waals surface area contributed by atoms with Gasteiger partial charge in [-0.1, -0.05) is 32.1 Å². The summed E-state index contributed by atoms with van der Waals surface area (Å²) in [6.07, 6.45) is 5.25. The Morgan fingerprint density at radius 1 is 1.14 bits per heavy atom. The Morgan fingerprint density at radius 2 is 1.84 bits per heavy atom. The van der Waals surface area contributed by atoms with Crippen LogP contribution >= 0.6 is 23.1 Å². The van der Waals surface area contributed by atoms with E-state index in [0.717, 1.165) is 9.97 Å². The zero-order chi connectivity index (χ0) is 26.8. The first kappa shape index (κ1) is 28.9. The summed E-state index contributed by atoms with van der Waals surface area (Å²) in [5.74, 6) is 1.93. The van der Waals surface area contributed by atoms with Crippen molar-refractivity contribution in [2.24, 2.45) is 5.92 Å². The predicted octanol–water partition coefficient (Wildman–Crippen LogP) is 3.54. The number of thiazole rings is 1. The van der Waals surface area contributed by atoms with Gasteiger partial charge in [0.05, 0.1) is 28.9 Å². The fourth-order valence-corrected chi connectivity index (χ4v) is 5.46. The lowest BCUT2D eigenvalue weighted by molar-refractivity contribution is -0.123. The van der Waals surface area contributed by atoms with Crippen LogP contribution < -0.4 is 16.0 Å². The number of likely N-dealkylation sites (tertiary alicyclic amines) is 1. The molecule has 3 rings (SSSR count). The maximum Gasteiger partial charge on any atom is 0.404 e. The van der Waals surface area contributed by atoms with Crippen molar-refractivity contribution in [1.82, 2.24) is 25.5 Å². The highest BCUT2D eigenvalue weighted by Gasteiger charge is 2.26. The molecule has 1 aliphatic heterocycles. The van der Waals surface area contributed by atoms with Crippen LogP contribution in [0.2, 0.25) is 0 Å². The molecule has 13 heteroatoms. The fraction of sp³-hybridized carbons (Fsp3) is 0.625. The summed E-state index contributed by atoms with van der Waals surface area (Å²) in [4.78, 5) is 46.0. The van der Waals surface area contributed by atoms with Gasteiger partial charge in [-0.15, -0.1) is 11.8 Å². The summed E-state index contributed by atoms with van der Waals surface area (Å²) in [6.45, 7) is 8.80. The van der Waals surface area contributed by atoms with Crippen molar-refractivity contribution < 1.29 is 23.9 Å². The number of oxazole rings is 1. The van der Waals surface area contributed by atoms with Crippen molar-refractivity contribution in [3.63, 3.8) is 0 Å². The van der Waals surface area contributed by atoms with Crippen LogP contribution in [0.25, 0.3) is 0 Å². The maximum atomic E-state index is 12.7. The van der Waals surface area contributed by atoms with Gasteiger partial charge in [-0.05, 0) is 38.8 Å². The molecular weight excluding hydrogens is 516 g/mol. The van der Waals surface area contributed by atoms with Gasteiger partial charge >= 0.3 is 6.09 Å². The molecular formula is C24H36N6O5S2. The topological polar surface area (TPSA) is 150 Å². The van der Waals surface area contributed by atoms with Crippen LogP contribution in [0.1, 0.15) is 58.1 Å². The number of anilines is 1. The van der Waals surface area contributed by atoms with E-state index in [1.54, 1.807) is 24.2 Å². The molecule has 3 amide bonds. The molecule has 0 aliphatic carbocycles. The van der Waals surface area contributed by atoms with Crippen LogP contribution in [0.15, 0.2) is 21.0 Å². The summed E-state index contributed by atoms with van der Waals surface area (Å²) in [5, 5.41) is 17.2. The van der Waals surface area contributed by atoms with E-state index in [4.69, 9.17) is 9.52 Å². The number of hydrogen-bond acceptors (Lipinski definition) is 9. The minimum Gasteiger partial charge on any atom is -0.465 e. The molecule has 0 spiro atoms. The summed E-state index contributed by atoms with van der Waals surface area (Å²) >= 11 is 3.01. The SMILES string of the molecule is CC(C)(C)c1cnc(CSc2cnc(NC(=O)C3CCN(CC(=O)NCCCCNC(=O)O)CC3)s2)o1. The zero-order valence-corrected chi connectivity index (χ0v) is 23.2. The third kappa shape index (κ3) is 9.97. The zero-order valence-electron chi connectivity index (χ0n) is 21.5. The molecule has 2 aromatic rings.